The van der Waals surface area contributed by atoms with Gasteiger partial charge in [-0.25, -0.2) is 0 Å². The van der Waals surface area contributed by atoms with Gasteiger partial charge in [0.15, 0.2) is 0 Å². The van der Waals surface area contributed by atoms with Crippen molar-refractivity contribution in [1.82, 2.24) is 0 Å². The lowest BCUT2D eigenvalue weighted by Gasteiger charge is -2.64. The Balaban J connectivity index is 1.26. The molecule has 0 aliphatic heterocycles. The van der Waals surface area contributed by atoms with Crippen molar-refractivity contribution in [3.8, 4) is 0 Å². The molecule has 3 fully saturated rings. The average Bonchev–Trinajstić information content (AvgIpc) is 3.35. The molecule has 282 valence electrons. The fourth-order valence-corrected chi connectivity index (χ4v) is 12.2. The topological polar surface area (TPSA) is 46.5 Å². The zero-order valence-electron chi connectivity index (χ0n) is 33.7. The first-order chi connectivity index (χ1) is 23.3. The lowest BCUT2D eigenvalue weighted by Crippen LogP contribution is -2.58. The van der Waals surface area contributed by atoms with E-state index in [9.17, 15) is 9.90 Å². The van der Waals surface area contributed by atoms with Crippen LogP contribution in [0.3, 0.4) is 0 Å². The van der Waals surface area contributed by atoms with Crippen molar-refractivity contribution in [3.63, 3.8) is 0 Å². The molecule has 0 aromatic rings. The highest BCUT2D eigenvalue weighted by molar-refractivity contribution is 5.69. The van der Waals surface area contributed by atoms with Crippen molar-refractivity contribution in [3.05, 3.63) is 23.8 Å². The summed E-state index contributed by atoms with van der Waals surface area (Å²) in [6.07, 6.45) is 34.2. The van der Waals surface area contributed by atoms with E-state index in [4.69, 9.17) is 4.74 Å². The van der Waals surface area contributed by atoms with E-state index in [2.05, 4.69) is 73.6 Å². The van der Waals surface area contributed by atoms with Crippen LogP contribution in [0.15, 0.2) is 23.8 Å². The van der Waals surface area contributed by atoms with Gasteiger partial charge in [0.1, 0.15) is 6.10 Å². The summed E-state index contributed by atoms with van der Waals surface area (Å²) in [5, 5.41) is 9.51. The third kappa shape index (κ3) is 9.11. The first kappa shape index (κ1) is 40.7. The van der Waals surface area contributed by atoms with Gasteiger partial charge >= 0.3 is 5.97 Å². The van der Waals surface area contributed by atoms with Gasteiger partial charge in [-0.1, -0.05) is 131 Å². The normalized spacial score (nSPS) is 34.9. The molecule has 0 radical (unpaired) electrons. The van der Waals surface area contributed by atoms with E-state index >= 15 is 0 Å². The van der Waals surface area contributed by atoms with Gasteiger partial charge in [0.25, 0.3) is 0 Å². The number of carbonyl (C=O) groups excluding carboxylic acids is 1. The Morgan fingerprint density at radius 1 is 0.816 bits per heavy atom. The highest BCUT2D eigenvalue weighted by atomic mass is 16.5. The Morgan fingerprint density at radius 2 is 1.47 bits per heavy atom. The molecule has 0 amide bonds. The second-order valence-corrected chi connectivity index (χ2v) is 19.1. The molecule has 1 N–H and O–H groups in total. The summed E-state index contributed by atoms with van der Waals surface area (Å²) in [5.74, 6) is 3.54. The van der Waals surface area contributed by atoms with Gasteiger partial charge in [0.05, 0.1) is 0 Å². The van der Waals surface area contributed by atoms with Gasteiger partial charge in [-0.3, -0.25) is 4.79 Å². The Bertz CT molecular complexity index is 1090. The summed E-state index contributed by atoms with van der Waals surface area (Å²) >= 11 is 0. The number of aliphatic hydroxyl groups excluding tert-OH is 1. The lowest BCUT2D eigenvalue weighted by molar-refractivity contribution is -0.162. The molecule has 0 heterocycles. The van der Waals surface area contributed by atoms with Crippen LogP contribution in [-0.4, -0.2) is 23.8 Å². The molecule has 0 bridgehead atoms. The van der Waals surface area contributed by atoms with Crippen molar-refractivity contribution in [2.75, 3.05) is 6.61 Å². The predicted molar refractivity (Wildman–Crippen MR) is 208 cm³/mol. The predicted octanol–water partition coefficient (Wildman–Crippen LogP) is 13.2. The van der Waals surface area contributed by atoms with E-state index in [1.807, 2.05) is 0 Å². The Hall–Kier alpha value is -1.09. The number of fused-ring (bicyclic) bond motifs is 5. The summed E-state index contributed by atoms with van der Waals surface area (Å²) < 4.78 is 6.34. The standard InChI is InChI=1S/C46H80O3/c1-9-10-11-12-13-14-15-16-17-18-19-20-21-25-42(48)49-41-30-31-44(6)38-29-33-45(7)37(36(3)24-22-23-35(2)34-47)28-32-46(45,8)39(38)26-27-40(44)43(41,4)5/h14-15,27,35-39,41,47H,9-13,16-26,28-34H2,1-8H3. The van der Waals surface area contributed by atoms with Crippen LogP contribution in [-0.2, 0) is 9.53 Å². The number of carbonyl (C=O) groups is 1. The number of hydrogen-bond donors (Lipinski definition) is 1. The van der Waals surface area contributed by atoms with Crippen LogP contribution in [0.2, 0.25) is 0 Å². The molecule has 49 heavy (non-hydrogen) atoms. The summed E-state index contributed by atoms with van der Waals surface area (Å²) in [7, 11) is 0. The quantitative estimate of drug-likeness (QED) is 0.0791. The second kappa shape index (κ2) is 18.1. The minimum absolute atomic E-state index is 0.000611. The number of rotatable bonds is 20. The van der Waals surface area contributed by atoms with Crippen LogP contribution >= 0.6 is 0 Å². The smallest absolute Gasteiger partial charge is 0.306 e. The fourth-order valence-electron chi connectivity index (χ4n) is 12.2. The Kier molecular flexibility index (Phi) is 15.0. The van der Waals surface area contributed by atoms with Crippen molar-refractivity contribution < 1.29 is 14.6 Å². The van der Waals surface area contributed by atoms with Crippen LogP contribution < -0.4 is 0 Å². The molecular weight excluding hydrogens is 601 g/mol. The minimum Gasteiger partial charge on any atom is -0.461 e. The number of aliphatic hydroxyl groups is 1. The van der Waals surface area contributed by atoms with Crippen LogP contribution in [0, 0.1) is 51.2 Å². The second-order valence-electron chi connectivity index (χ2n) is 19.1. The summed E-state index contributed by atoms with van der Waals surface area (Å²) in [6, 6.07) is 0. The molecule has 0 saturated heterocycles. The molecule has 4 aliphatic rings. The first-order valence-electron chi connectivity index (χ1n) is 21.5. The van der Waals surface area contributed by atoms with Gasteiger partial charge in [-0.05, 0) is 129 Å². The van der Waals surface area contributed by atoms with Crippen LogP contribution in [0.4, 0.5) is 0 Å². The zero-order chi connectivity index (χ0) is 35.7. The van der Waals surface area contributed by atoms with Crippen molar-refractivity contribution in [2.45, 2.75) is 203 Å². The largest absolute Gasteiger partial charge is 0.461 e. The Morgan fingerprint density at radius 3 is 2.16 bits per heavy atom. The van der Waals surface area contributed by atoms with Crippen molar-refractivity contribution >= 4 is 5.97 Å². The monoisotopic (exact) mass is 681 g/mol. The van der Waals surface area contributed by atoms with Gasteiger partial charge in [-0.2, -0.15) is 0 Å². The molecule has 0 spiro atoms. The lowest BCUT2D eigenvalue weighted by atomic mass is 9.40. The van der Waals surface area contributed by atoms with Crippen LogP contribution in [0.1, 0.15) is 197 Å². The highest BCUT2D eigenvalue weighted by Crippen LogP contribution is 2.73. The van der Waals surface area contributed by atoms with Gasteiger partial charge in [-0.15, -0.1) is 0 Å². The molecule has 0 aromatic carbocycles. The highest BCUT2D eigenvalue weighted by Gasteiger charge is 2.66. The van der Waals surface area contributed by atoms with Crippen LogP contribution in [0.25, 0.3) is 0 Å². The molecule has 3 heteroatoms. The molecular formula is C46H80O3. The molecule has 3 saturated carbocycles. The SMILES string of the molecule is CCCCCCC=CCCCCCCCC(=O)OC1CCC2(C)C(=CCC3C2CCC2(C)C(C(C)CCCC(C)CO)CCC32C)C1(C)C. The average molecular weight is 681 g/mol. The van der Waals surface area contributed by atoms with Crippen LogP contribution in [0.5, 0.6) is 0 Å². The first-order valence-corrected chi connectivity index (χ1v) is 21.5. The maximum absolute atomic E-state index is 13.1. The van der Waals surface area contributed by atoms with Crippen molar-refractivity contribution in [1.29, 1.82) is 0 Å². The summed E-state index contributed by atoms with van der Waals surface area (Å²) in [5.41, 5.74) is 2.54. The maximum atomic E-state index is 13.1. The summed E-state index contributed by atoms with van der Waals surface area (Å²) in [6.45, 7) is 20.1. The Labute approximate surface area is 304 Å². The van der Waals surface area contributed by atoms with E-state index in [1.54, 1.807) is 5.57 Å². The third-order valence-corrected chi connectivity index (χ3v) is 15.6. The van der Waals surface area contributed by atoms with Gasteiger partial charge in [0.2, 0.25) is 0 Å². The molecule has 4 aliphatic carbocycles. The number of ether oxygens (including phenoxy) is 1. The molecule has 4 rings (SSSR count). The summed E-state index contributed by atoms with van der Waals surface area (Å²) in [4.78, 5) is 13.1. The van der Waals surface area contributed by atoms with Gasteiger partial charge in [0, 0.05) is 18.4 Å². The van der Waals surface area contributed by atoms with E-state index in [0.29, 0.717) is 29.8 Å². The third-order valence-electron chi connectivity index (χ3n) is 15.6. The number of hydrogen-bond acceptors (Lipinski definition) is 3. The zero-order valence-corrected chi connectivity index (χ0v) is 33.7. The molecule has 0 aromatic heterocycles. The molecule has 9 unspecified atom stereocenters. The number of unbranched alkanes of at least 4 members (excludes halogenated alkanes) is 9. The number of esters is 1. The molecule has 3 nitrogen and oxygen atoms in total. The maximum Gasteiger partial charge on any atom is 0.306 e. The molecule has 9 atom stereocenters. The van der Waals surface area contributed by atoms with E-state index in [0.717, 1.165) is 55.8 Å². The van der Waals surface area contributed by atoms with E-state index in [-0.39, 0.29) is 22.9 Å². The van der Waals surface area contributed by atoms with E-state index < -0.39 is 0 Å². The van der Waals surface area contributed by atoms with E-state index in [1.165, 1.54) is 103 Å². The minimum atomic E-state index is -0.1000. The fraction of sp³-hybridized carbons (Fsp3) is 0.891. The number of allylic oxidation sites excluding steroid dienone is 3. The van der Waals surface area contributed by atoms with Gasteiger partial charge < -0.3 is 9.84 Å². The van der Waals surface area contributed by atoms with Crippen molar-refractivity contribution in [2.24, 2.45) is 51.2 Å².